The average Bonchev–Trinajstić information content (AvgIpc) is 1.66. The molecule has 150 heavy (non-hydrogen) atoms. The molecule has 0 bridgehead atoms. The van der Waals surface area contributed by atoms with Gasteiger partial charge in [0.25, 0.3) is 0 Å². The molecule has 4 rings (SSSR count). The largest absolute Gasteiger partial charge is 0.508 e. The number of aliphatic hydroxyl groups excluding tert-OH is 3. The van der Waals surface area contributed by atoms with Crippen molar-refractivity contribution in [2.75, 3.05) is 39.4 Å². The number of unbranched alkanes of at least 4 members (excludes halogenated alkanes) is 1. The number of nitrogens with one attached hydrogen (secondary N) is 20. The number of hydrogen-bond acceptors (Lipinski definition) is 30. The Morgan fingerprint density at radius 2 is 0.747 bits per heavy atom. The van der Waals surface area contributed by atoms with E-state index >= 15 is 0 Å². The number of H-pyrrole nitrogens is 1. The number of primary amides is 1. The molecule has 1 aromatic heterocycles. The highest BCUT2D eigenvalue weighted by Crippen LogP contribution is 2.23. The maximum absolute atomic E-state index is 14.9. The van der Waals surface area contributed by atoms with E-state index in [1.165, 1.54) is 62.4 Å². The van der Waals surface area contributed by atoms with Gasteiger partial charge in [-0.1, -0.05) is 111 Å². The van der Waals surface area contributed by atoms with E-state index in [2.05, 4.69) is 101 Å². The second kappa shape index (κ2) is 63.2. The standard InChI is InChI=1S/C96H143N23O31/c1-13-47(7)77(117-89(142)65(36-55-40-100-59-20-16-15-19-58(55)59)111-84(137)61(30-31-74(129)130)108-87(140)62(33-45(3)4)107-72(127)41-101-83(136)60(21-17-18-32-97)106-71(126)39-98)92(145)102-42-73(128)116-76(46(5)6)93(146)118-78(48(8)14-2)94(147)105-51(11)81(134)114-68(43-120)91(144)112-66(37-70(99)125)86(139)104-49(9)80(133)109-67(38-75(131)132)90(143)119-79(52(12)122)95(148)113-64(35-54-24-28-57(124)29-25-54)88(141)110-63(34-53-22-26-56(123)27-23-53)85(138)103-50(10)82(135)115-69(44-121)96(149)150/h15-16,19-20,22-29,40,45-52,60-69,76-79,100,120-124H,13-14,17-18,21,30-39,41-44,97-98H2,1-12H3,(H2,99,125)(H,101,136)(H,102,145)(H,103,138)(H,104,139)(H,105,147)(H,106,126)(H,107,127)(H,108,140)(H,109,133)(H,110,141)(H,111,137)(H,112,144)(H,113,148)(H,114,134)(H,115,135)(H,116,128)(H,117,142)(H,118,146)(H,119,143)(H,129,130)(H,131,132)(H,149,150)/t47-,48-,49-,50-,51-,52+,60-,61-,62-,63-,64-,65-,66-,67-,68-,69-,76-,77-,78-,79-/m0/s1. The van der Waals surface area contributed by atoms with Crippen molar-refractivity contribution in [3.05, 3.63) is 95.7 Å². The topological polar surface area (TPSA) is 877 Å². The molecule has 1 heterocycles. The zero-order chi connectivity index (χ0) is 113. The first-order valence-corrected chi connectivity index (χ1v) is 48.6. The number of aliphatic carboxylic acids is 3. The Morgan fingerprint density at radius 3 is 1.23 bits per heavy atom. The van der Waals surface area contributed by atoms with Crippen LogP contribution in [0.15, 0.2) is 79.0 Å². The number of para-hydroxylation sites is 1. The molecule has 0 fully saturated rings. The molecule has 34 N–H and O–H groups in total. The molecule has 0 aliphatic carbocycles. The van der Waals surface area contributed by atoms with Crippen molar-refractivity contribution in [3.63, 3.8) is 0 Å². The van der Waals surface area contributed by atoms with E-state index in [0.29, 0.717) is 41.4 Å². The maximum atomic E-state index is 14.9. The number of amides is 20. The van der Waals surface area contributed by atoms with Crippen LogP contribution in [0.3, 0.4) is 0 Å². The van der Waals surface area contributed by atoms with Gasteiger partial charge in [0, 0.05) is 42.8 Å². The van der Waals surface area contributed by atoms with Crippen LogP contribution < -0.4 is 118 Å². The molecule has 54 heteroatoms. The summed E-state index contributed by atoms with van der Waals surface area (Å²) in [5, 5.41) is 126. The summed E-state index contributed by atoms with van der Waals surface area (Å²) in [5.41, 5.74) is 18.1. The normalized spacial score (nSPS) is 15.2. The SMILES string of the molecule is CC[C@H](C)[C@H](NC(=O)[C@H](Cc1c[nH]c2ccccc12)NC(=O)[C@H](CCC(=O)O)NC(=O)[C@H](CC(C)C)NC(=O)CNC(=O)[C@H](CCCCN)NC(=O)CN)C(=O)NCC(=O)N[C@H](C(=O)N[C@H](C(=O)N[C@@H](C)C(=O)N[C@@H](CO)C(=O)N[C@@H](CC(N)=O)C(=O)N[C@@H](C)C(=O)N[C@@H](CC(=O)O)C(=O)N[C@H](C(=O)N[C@@H](Cc1ccc(O)cc1)C(=O)N[C@@H](Cc1ccc(O)cc1)C(=O)N[C@@H](C)C(=O)N[C@@H](CO)C(=O)O)[C@@H](C)O)[C@@H](C)CC)C(C)C. The number of aromatic nitrogens is 1. The van der Waals surface area contributed by atoms with E-state index in [1.807, 2.05) is 5.32 Å². The number of nitrogens with two attached hydrogens (primary N) is 3. The third-order valence-electron chi connectivity index (χ3n) is 23.9. The van der Waals surface area contributed by atoms with Crippen LogP contribution in [0.2, 0.25) is 0 Å². The number of carbonyl (C=O) groups is 23. The molecular formula is C96H143N23O31. The van der Waals surface area contributed by atoms with Gasteiger partial charge < -0.3 is 164 Å². The second-order valence-corrected chi connectivity index (χ2v) is 36.9. The zero-order valence-corrected chi connectivity index (χ0v) is 85.3. The van der Waals surface area contributed by atoms with Crippen molar-refractivity contribution in [2.24, 2.45) is 40.9 Å². The lowest BCUT2D eigenvalue weighted by Gasteiger charge is -2.29. The van der Waals surface area contributed by atoms with Crippen molar-refractivity contribution >= 4 is 147 Å². The summed E-state index contributed by atoms with van der Waals surface area (Å²) in [6, 6.07) is -11.5. The predicted octanol–water partition coefficient (Wildman–Crippen LogP) is -8.31. The summed E-state index contributed by atoms with van der Waals surface area (Å²) < 4.78 is 0. The summed E-state index contributed by atoms with van der Waals surface area (Å²) in [4.78, 5) is 316. The lowest BCUT2D eigenvalue weighted by Crippen LogP contribution is -2.62. The first-order chi connectivity index (χ1) is 70.6. The van der Waals surface area contributed by atoms with Gasteiger partial charge in [-0.25, -0.2) is 4.79 Å². The lowest BCUT2D eigenvalue weighted by atomic mass is 9.96. The molecule has 54 nitrogen and oxygen atoms in total. The highest BCUT2D eigenvalue weighted by atomic mass is 16.4. The van der Waals surface area contributed by atoms with E-state index in [4.69, 9.17) is 17.2 Å². The molecule has 0 aliphatic heterocycles. The summed E-state index contributed by atoms with van der Waals surface area (Å²) in [5.74, 6) is -29.4. The number of aliphatic hydroxyl groups is 3. The highest BCUT2D eigenvalue weighted by molar-refractivity contribution is 6.03. The molecule has 20 atom stereocenters. The molecule has 828 valence electrons. The predicted molar refractivity (Wildman–Crippen MR) is 533 cm³/mol. The van der Waals surface area contributed by atoms with Crippen LogP contribution in [0.1, 0.15) is 164 Å². The van der Waals surface area contributed by atoms with Crippen molar-refractivity contribution in [3.8, 4) is 11.5 Å². The molecule has 0 saturated carbocycles. The maximum Gasteiger partial charge on any atom is 0.328 e. The van der Waals surface area contributed by atoms with Crippen molar-refractivity contribution in [2.45, 2.75) is 275 Å². The van der Waals surface area contributed by atoms with Crippen LogP contribution >= 0.6 is 0 Å². The number of aromatic hydroxyl groups is 2. The van der Waals surface area contributed by atoms with Gasteiger partial charge >= 0.3 is 17.9 Å². The summed E-state index contributed by atoms with van der Waals surface area (Å²) in [6.07, 6.45) is -3.54. The van der Waals surface area contributed by atoms with Crippen molar-refractivity contribution in [1.82, 2.24) is 106 Å². The Bertz CT molecular complexity index is 5350. The minimum atomic E-state index is -2.18. The third-order valence-corrected chi connectivity index (χ3v) is 23.9. The summed E-state index contributed by atoms with van der Waals surface area (Å²) >= 11 is 0. The molecule has 0 unspecified atom stereocenters. The number of carbonyl (C=O) groups excluding carboxylic acids is 20. The van der Waals surface area contributed by atoms with Gasteiger partial charge in [0.2, 0.25) is 118 Å². The fourth-order valence-corrected chi connectivity index (χ4v) is 14.8. The molecule has 20 amide bonds. The summed E-state index contributed by atoms with van der Waals surface area (Å²) in [7, 11) is 0. The Labute approximate surface area is 863 Å². The van der Waals surface area contributed by atoms with Crippen LogP contribution in [-0.4, -0.2) is 330 Å². The minimum Gasteiger partial charge on any atom is -0.508 e. The number of carboxylic acid groups (broad SMARTS) is 3. The lowest BCUT2D eigenvalue weighted by molar-refractivity contribution is -0.143. The van der Waals surface area contributed by atoms with Crippen LogP contribution in [0, 0.1) is 23.7 Å². The van der Waals surface area contributed by atoms with Gasteiger partial charge in [0.15, 0.2) is 0 Å². The highest BCUT2D eigenvalue weighted by Gasteiger charge is 2.42. The van der Waals surface area contributed by atoms with E-state index in [9.17, 15) is 151 Å². The van der Waals surface area contributed by atoms with Gasteiger partial charge in [-0.3, -0.25) is 105 Å². The van der Waals surface area contributed by atoms with Crippen LogP contribution in [0.4, 0.5) is 0 Å². The van der Waals surface area contributed by atoms with Crippen molar-refractivity contribution in [1.29, 1.82) is 0 Å². The van der Waals surface area contributed by atoms with Crippen LogP contribution in [0.25, 0.3) is 10.9 Å². The zero-order valence-electron chi connectivity index (χ0n) is 85.3. The Hall–Kier alpha value is -15.6. The Balaban J connectivity index is 1.47. The van der Waals surface area contributed by atoms with Crippen LogP contribution in [-0.2, 0) is 130 Å². The van der Waals surface area contributed by atoms with Gasteiger partial charge in [0.1, 0.15) is 114 Å². The minimum absolute atomic E-state index is 0.0383. The molecule has 0 radical (unpaired) electrons. The first kappa shape index (κ1) is 127. The quantitative estimate of drug-likeness (QED) is 0.0183. The summed E-state index contributed by atoms with van der Waals surface area (Å²) in [6.45, 7) is 13.3. The fraction of sp³-hybridized carbons (Fsp3) is 0.552. The number of phenolic OH excluding ortho intramolecular Hbond substituents is 2. The monoisotopic (exact) mass is 2110 g/mol. The van der Waals surface area contributed by atoms with Gasteiger partial charge in [-0.05, 0) is 137 Å². The number of fused-ring (bicyclic) bond motifs is 1. The number of rotatable bonds is 66. The van der Waals surface area contributed by atoms with E-state index in [0.717, 1.165) is 27.7 Å². The smallest absolute Gasteiger partial charge is 0.328 e. The first-order valence-electron chi connectivity index (χ1n) is 48.6. The number of phenols is 2. The van der Waals surface area contributed by atoms with Crippen molar-refractivity contribution < 1.29 is 151 Å². The molecule has 0 aliphatic rings. The molecule has 3 aromatic carbocycles. The van der Waals surface area contributed by atoms with Gasteiger partial charge in [0.05, 0.1) is 51.8 Å². The number of carboxylic acids is 3. The Morgan fingerprint density at radius 1 is 0.360 bits per heavy atom. The van der Waals surface area contributed by atoms with E-state index in [-0.39, 0.29) is 61.5 Å². The molecular weight excluding hydrogens is 1970 g/mol. The van der Waals surface area contributed by atoms with Crippen LogP contribution in [0.5, 0.6) is 11.5 Å². The van der Waals surface area contributed by atoms with E-state index in [1.54, 1.807) is 72.0 Å². The number of benzene rings is 3. The Kier molecular flexibility index (Phi) is 53.4. The fourth-order valence-electron chi connectivity index (χ4n) is 14.8. The number of aromatic amines is 1. The molecule has 0 saturated heterocycles. The van der Waals surface area contributed by atoms with E-state index < -0.39 is 328 Å². The average molecular weight is 2120 g/mol. The second-order valence-electron chi connectivity index (χ2n) is 36.9. The molecule has 0 spiro atoms. The van der Waals surface area contributed by atoms with Gasteiger partial charge in [-0.15, -0.1) is 0 Å². The third kappa shape index (κ3) is 43.1. The molecule has 4 aromatic rings. The number of hydrogen-bond donors (Lipinski definition) is 31. The van der Waals surface area contributed by atoms with Gasteiger partial charge in [-0.2, -0.15) is 0 Å².